The van der Waals surface area contributed by atoms with E-state index in [4.69, 9.17) is 11.6 Å². The van der Waals surface area contributed by atoms with Crippen LogP contribution in [0.25, 0.3) is 0 Å². The number of thioether (sulfide) groups is 1. The Balaban J connectivity index is 2.76. The summed E-state index contributed by atoms with van der Waals surface area (Å²) in [5.41, 5.74) is 0.268. The quantitative estimate of drug-likeness (QED) is 0.638. The lowest BCUT2D eigenvalue weighted by atomic mass is 10.1. The lowest BCUT2D eigenvalue weighted by Gasteiger charge is -2.12. The maximum Gasteiger partial charge on any atom is 0.148 e. The van der Waals surface area contributed by atoms with E-state index in [1.54, 1.807) is 23.9 Å². The average molecular weight is 328 g/mol. The molecule has 1 unspecified atom stereocenters. The first-order valence-electron chi connectivity index (χ1n) is 4.97. The van der Waals surface area contributed by atoms with E-state index in [-0.39, 0.29) is 10.6 Å². The van der Waals surface area contributed by atoms with Crippen LogP contribution in [0, 0.1) is 5.82 Å². The second-order valence-corrected chi connectivity index (χ2v) is 5.89. The molecule has 0 saturated heterocycles. The van der Waals surface area contributed by atoms with Crippen molar-refractivity contribution in [3.63, 3.8) is 0 Å². The molecule has 0 aliphatic heterocycles. The molecule has 1 nitrogen and oxygen atoms in total. The van der Waals surface area contributed by atoms with E-state index >= 15 is 0 Å². The largest absolute Gasteiger partial charge is 0.388 e. The molecule has 1 aromatic carbocycles. The van der Waals surface area contributed by atoms with Crippen LogP contribution in [0.5, 0.6) is 0 Å². The van der Waals surface area contributed by atoms with Gasteiger partial charge >= 0.3 is 0 Å². The third-order valence-electron chi connectivity index (χ3n) is 2.16. The Bertz CT molecular complexity index is 362. The maximum absolute atomic E-state index is 13.7. The van der Waals surface area contributed by atoms with Gasteiger partial charge in [0.2, 0.25) is 0 Å². The lowest BCUT2D eigenvalue weighted by Crippen LogP contribution is -2.03. The zero-order valence-electron chi connectivity index (χ0n) is 8.84. The van der Waals surface area contributed by atoms with Gasteiger partial charge in [0, 0.05) is 10.0 Å². The van der Waals surface area contributed by atoms with Gasteiger partial charge in [0.15, 0.2) is 0 Å². The second kappa shape index (κ2) is 6.84. The Morgan fingerprint density at radius 3 is 2.88 bits per heavy atom. The molecular weight excluding hydrogens is 315 g/mol. The van der Waals surface area contributed by atoms with Crippen LogP contribution in [-0.2, 0) is 0 Å². The fourth-order valence-electron chi connectivity index (χ4n) is 1.29. The first-order chi connectivity index (χ1) is 7.57. The van der Waals surface area contributed by atoms with Crippen molar-refractivity contribution >= 4 is 39.3 Å². The molecular formula is C11H13BrClFOS. The summed E-state index contributed by atoms with van der Waals surface area (Å²) in [6, 6.07) is 3.21. The Morgan fingerprint density at radius 2 is 2.25 bits per heavy atom. The Morgan fingerprint density at radius 1 is 1.56 bits per heavy atom. The monoisotopic (exact) mass is 326 g/mol. The van der Waals surface area contributed by atoms with Gasteiger partial charge in [0.1, 0.15) is 5.82 Å². The summed E-state index contributed by atoms with van der Waals surface area (Å²) in [5, 5.41) is 9.84. The van der Waals surface area contributed by atoms with Crippen LogP contribution in [0.2, 0.25) is 5.02 Å². The predicted molar refractivity (Wildman–Crippen MR) is 71.7 cm³/mol. The maximum atomic E-state index is 13.7. The normalized spacial score (nSPS) is 12.8. The van der Waals surface area contributed by atoms with Crippen LogP contribution < -0.4 is 0 Å². The predicted octanol–water partition coefficient (Wildman–Crippen LogP) is 4.42. The number of rotatable bonds is 5. The zero-order chi connectivity index (χ0) is 12.1. The van der Waals surface area contributed by atoms with Gasteiger partial charge in [-0.2, -0.15) is 11.8 Å². The summed E-state index contributed by atoms with van der Waals surface area (Å²) in [7, 11) is 0. The van der Waals surface area contributed by atoms with Gasteiger partial charge in [0.05, 0.1) is 11.1 Å². The first-order valence-corrected chi connectivity index (χ1v) is 7.29. The van der Waals surface area contributed by atoms with Crippen molar-refractivity contribution < 1.29 is 9.50 Å². The number of halogens is 3. The average Bonchev–Trinajstić information content (AvgIpc) is 2.26. The van der Waals surface area contributed by atoms with Crippen LogP contribution in [-0.4, -0.2) is 16.6 Å². The van der Waals surface area contributed by atoms with Crippen LogP contribution in [0.1, 0.15) is 25.0 Å². The third-order valence-corrected chi connectivity index (χ3v) is 4.36. The van der Waals surface area contributed by atoms with E-state index in [0.717, 1.165) is 11.5 Å². The summed E-state index contributed by atoms with van der Waals surface area (Å²) < 4.78 is 14.2. The van der Waals surface area contributed by atoms with Gasteiger partial charge in [0.25, 0.3) is 0 Å². The molecule has 0 fully saturated rings. The molecule has 0 aromatic heterocycles. The highest BCUT2D eigenvalue weighted by Crippen LogP contribution is 2.31. The van der Waals surface area contributed by atoms with Gasteiger partial charge in [-0.15, -0.1) is 0 Å². The third kappa shape index (κ3) is 3.62. The number of benzene rings is 1. The van der Waals surface area contributed by atoms with Crippen molar-refractivity contribution in [1.82, 2.24) is 0 Å². The van der Waals surface area contributed by atoms with E-state index < -0.39 is 11.9 Å². The molecule has 16 heavy (non-hydrogen) atoms. The van der Waals surface area contributed by atoms with Crippen molar-refractivity contribution in [3.05, 3.63) is 33.0 Å². The number of aliphatic hydroxyl groups excluding tert-OH is 1. The molecule has 0 aliphatic carbocycles. The molecule has 0 saturated carbocycles. The van der Waals surface area contributed by atoms with E-state index in [2.05, 4.69) is 15.9 Å². The molecule has 0 amide bonds. The highest BCUT2D eigenvalue weighted by atomic mass is 79.9. The SMILES string of the molecule is CCSCCC(O)c1ccc(Br)c(Cl)c1F. The molecule has 0 spiro atoms. The first kappa shape index (κ1) is 14.3. The van der Waals surface area contributed by atoms with Crippen LogP contribution in [0.3, 0.4) is 0 Å². The molecule has 1 N–H and O–H groups in total. The molecule has 90 valence electrons. The molecule has 0 aliphatic rings. The van der Waals surface area contributed by atoms with Crippen molar-refractivity contribution in [2.45, 2.75) is 19.4 Å². The topological polar surface area (TPSA) is 20.2 Å². The summed E-state index contributed by atoms with van der Waals surface area (Å²) in [4.78, 5) is 0. The van der Waals surface area contributed by atoms with Crippen molar-refractivity contribution in [3.8, 4) is 0 Å². The highest BCUT2D eigenvalue weighted by molar-refractivity contribution is 9.10. The van der Waals surface area contributed by atoms with E-state index in [1.165, 1.54) is 0 Å². The minimum atomic E-state index is -0.787. The number of aliphatic hydroxyl groups is 1. The smallest absolute Gasteiger partial charge is 0.148 e. The highest BCUT2D eigenvalue weighted by Gasteiger charge is 2.16. The van der Waals surface area contributed by atoms with Crippen LogP contribution >= 0.6 is 39.3 Å². The van der Waals surface area contributed by atoms with Gasteiger partial charge in [-0.05, 0) is 39.9 Å². The molecule has 1 rings (SSSR count). The summed E-state index contributed by atoms with van der Waals surface area (Å²) >= 11 is 10.6. The van der Waals surface area contributed by atoms with Gasteiger partial charge < -0.3 is 5.11 Å². The van der Waals surface area contributed by atoms with E-state index in [9.17, 15) is 9.50 Å². The zero-order valence-corrected chi connectivity index (χ0v) is 12.0. The van der Waals surface area contributed by atoms with Crippen LogP contribution in [0.15, 0.2) is 16.6 Å². The van der Waals surface area contributed by atoms with Gasteiger partial charge in [-0.25, -0.2) is 4.39 Å². The molecule has 0 bridgehead atoms. The van der Waals surface area contributed by atoms with Crippen molar-refractivity contribution in [2.24, 2.45) is 0 Å². The molecule has 0 radical (unpaired) electrons. The Hall–Kier alpha value is 0.230. The lowest BCUT2D eigenvalue weighted by molar-refractivity contribution is 0.170. The minimum Gasteiger partial charge on any atom is -0.388 e. The van der Waals surface area contributed by atoms with E-state index in [1.807, 2.05) is 6.92 Å². The molecule has 0 heterocycles. The summed E-state index contributed by atoms with van der Waals surface area (Å²) in [5.74, 6) is 1.27. The van der Waals surface area contributed by atoms with Crippen molar-refractivity contribution in [1.29, 1.82) is 0 Å². The standard InChI is InChI=1S/C11H13BrClFOS/c1-2-16-6-5-9(15)7-3-4-8(12)10(13)11(7)14/h3-4,9,15H,2,5-6H2,1H3. The second-order valence-electron chi connectivity index (χ2n) is 3.27. The summed E-state index contributed by atoms with van der Waals surface area (Å²) in [6.45, 7) is 2.05. The number of hydrogen-bond donors (Lipinski definition) is 1. The van der Waals surface area contributed by atoms with Crippen molar-refractivity contribution in [2.75, 3.05) is 11.5 Å². The minimum absolute atomic E-state index is 0.0275. The fourth-order valence-corrected chi connectivity index (χ4v) is 2.45. The van der Waals surface area contributed by atoms with Gasteiger partial charge in [-0.3, -0.25) is 0 Å². The molecule has 1 atom stereocenters. The Kier molecular flexibility index (Phi) is 6.11. The van der Waals surface area contributed by atoms with E-state index in [0.29, 0.717) is 10.9 Å². The van der Waals surface area contributed by atoms with Gasteiger partial charge in [-0.1, -0.05) is 24.6 Å². The fraction of sp³-hybridized carbons (Fsp3) is 0.455. The molecule has 5 heteroatoms. The number of hydrogen-bond acceptors (Lipinski definition) is 2. The van der Waals surface area contributed by atoms with Crippen LogP contribution in [0.4, 0.5) is 4.39 Å². The summed E-state index contributed by atoms with van der Waals surface area (Å²) in [6.07, 6.45) is -0.252. The Labute approximate surface area is 113 Å². The molecule has 1 aromatic rings.